The molecule has 0 aliphatic heterocycles. The summed E-state index contributed by atoms with van der Waals surface area (Å²) in [5.74, 6) is -25.6. The van der Waals surface area contributed by atoms with Crippen molar-refractivity contribution in [1.82, 2.24) is 47.9 Å². The molecule has 0 unspecified atom stereocenters. The van der Waals surface area contributed by atoms with E-state index in [1.807, 2.05) is 0 Å². The third kappa shape index (κ3) is 32.3. The molecule has 0 heterocycles. The first-order valence-corrected chi connectivity index (χ1v) is 25.0. The summed E-state index contributed by atoms with van der Waals surface area (Å²) < 4.78 is 0. The number of amides is 9. The second-order valence-corrected chi connectivity index (χ2v) is 18.1. The van der Waals surface area contributed by atoms with E-state index in [1.54, 1.807) is 0 Å². The van der Waals surface area contributed by atoms with Crippen LogP contribution in [0, 0.1) is 0 Å². The zero-order valence-electron chi connectivity index (χ0n) is 44.4. The van der Waals surface area contributed by atoms with Crippen LogP contribution in [0.3, 0.4) is 0 Å². The summed E-state index contributed by atoms with van der Waals surface area (Å²) in [6.45, 7) is 0. The second kappa shape index (κ2) is 38.1. The topological polar surface area (TPSA) is 624 Å². The van der Waals surface area contributed by atoms with Crippen molar-refractivity contribution in [3.8, 4) is 0 Å². The highest BCUT2D eigenvalue weighted by Crippen LogP contribution is 2.11. The van der Waals surface area contributed by atoms with Crippen LogP contribution in [-0.4, -0.2) is 214 Å². The van der Waals surface area contributed by atoms with Gasteiger partial charge in [-0.05, 0) is 57.8 Å². The number of nitrogens with two attached hydrogens (primary N) is 1. The van der Waals surface area contributed by atoms with Crippen molar-refractivity contribution in [1.29, 1.82) is 0 Å². The van der Waals surface area contributed by atoms with Crippen LogP contribution >= 0.6 is 0 Å². The minimum atomic E-state index is -2.11. The van der Waals surface area contributed by atoms with Gasteiger partial charge in [-0.3, -0.25) is 86.3 Å². The van der Waals surface area contributed by atoms with Gasteiger partial charge < -0.3 is 99.5 Å². The first-order valence-electron chi connectivity index (χ1n) is 25.0. The van der Waals surface area contributed by atoms with E-state index in [0.717, 1.165) is 7.05 Å². The van der Waals surface area contributed by atoms with Gasteiger partial charge in [0.25, 0.3) is 0 Å². The van der Waals surface area contributed by atoms with Crippen LogP contribution in [-0.2, 0) is 86.3 Å². The maximum absolute atomic E-state index is 14.0. The zero-order chi connectivity index (χ0) is 63.7. The van der Waals surface area contributed by atoms with Crippen LogP contribution < -0.4 is 53.6 Å². The van der Waals surface area contributed by atoms with E-state index >= 15 is 0 Å². The van der Waals surface area contributed by atoms with Gasteiger partial charge >= 0.3 is 53.7 Å². The largest absolute Gasteiger partial charge is 0.481 e. The quantitative estimate of drug-likeness (QED) is 0.0270. The average molecular weight is 1190 g/mol. The van der Waals surface area contributed by atoms with Crippen molar-refractivity contribution in [2.75, 3.05) is 7.05 Å². The Morgan fingerprint density at radius 2 is 0.373 bits per heavy atom. The molecule has 37 heteroatoms. The van der Waals surface area contributed by atoms with Gasteiger partial charge in [0.05, 0.1) is 6.04 Å². The Morgan fingerprint density at radius 1 is 0.241 bits per heavy atom. The molecular formula is C46H68N10O27. The molecule has 0 rings (SSSR count). The van der Waals surface area contributed by atoms with Crippen molar-refractivity contribution >= 4 is 107 Å². The lowest BCUT2D eigenvalue weighted by molar-refractivity contribution is -0.141. The molecule has 0 aliphatic carbocycles. The van der Waals surface area contributed by atoms with E-state index in [1.165, 1.54) is 0 Å². The summed E-state index contributed by atoms with van der Waals surface area (Å²) >= 11 is 0. The van der Waals surface area contributed by atoms with Gasteiger partial charge in [-0.15, -0.1) is 0 Å². The molecule has 0 spiro atoms. The third-order valence-corrected chi connectivity index (χ3v) is 11.5. The van der Waals surface area contributed by atoms with Crippen molar-refractivity contribution in [3.63, 3.8) is 0 Å². The summed E-state index contributed by atoms with van der Waals surface area (Å²) in [6, 6.07) is -17.2. The van der Waals surface area contributed by atoms with E-state index in [0.29, 0.717) is 0 Å². The molecule has 0 fully saturated rings. The summed E-state index contributed by atoms with van der Waals surface area (Å²) in [5.41, 5.74) is 5.70. The zero-order valence-corrected chi connectivity index (χ0v) is 44.4. The Bertz CT molecular complexity index is 2420. The summed E-state index contributed by atoms with van der Waals surface area (Å²) in [6.07, 6.45) is -14.2. The number of carbonyl (C=O) groups is 18. The van der Waals surface area contributed by atoms with E-state index in [2.05, 4.69) is 47.9 Å². The molecule has 9 amide bonds. The normalized spacial score (nSPS) is 14.0. The number of carboxylic acids is 9. The van der Waals surface area contributed by atoms with Gasteiger partial charge in [0.15, 0.2) is 0 Å². The lowest BCUT2D eigenvalue weighted by Crippen LogP contribution is -2.60. The monoisotopic (exact) mass is 1190 g/mol. The molecule has 0 saturated carbocycles. The molecule has 464 valence electrons. The van der Waals surface area contributed by atoms with Gasteiger partial charge in [-0.1, -0.05) is 0 Å². The van der Waals surface area contributed by atoms with Crippen molar-refractivity contribution in [2.45, 2.75) is 170 Å². The molecule has 0 aromatic carbocycles. The fraction of sp³-hybridized carbons (Fsp3) is 0.609. The molecule has 0 aliphatic rings. The third-order valence-electron chi connectivity index (χ3n) is 11.5. The van der Waals surface area contributed by atoms with Gasteiger partial charge in [-0.2, -0.15) is 0 Å². The highest BCUT2D eigenvalue weighted by molar-refractivity contribution is 5.99. The van der Waals surface area contributed by atoms with Crippen molar-refractivity contribution in [2.24, 2.45) is 5.73 Å². The number of nitrogens with one attached hydrogen (secondary N) is 9. The first-order chi connectivity index (χ1) is 38.7. The summed E-state index contributed by atoms with van der Waals surface area (Å²) in [7, 11) is 1.13. The lowest BCUT2D eigenvalue weighted by Gasteiger charge is -2.28. The first kappa shape index (κ1) is 73.4. The highest BCUT2D eigenvalue weighted by atomic mass is 16.4. The Labute approximate surface area is 469 Å². The minimum Gasteiger partial charge on any atom is -0.481 e. The fourth-order valence-corrected chi connectivity index (χ4v) is 7.06. The number of rotatable bonds is 44. The Balaban J connectivity index is 7.13. The molecule has 0 bridgehead atoms. The fourth-order valence-electron chi connectivity index (χ4n) is 7.06. The molecule has 0 radical (unpaired) electrons. The number of likely N-dealkylation sites (N-methyl/N-ethyl adjacent to an activating group) is 1. The van der Waals surface area contributed by atoms with Crippen molar-refractivity contribution < 1.29 is 132 Å². The number of carbonyl (C=O) groups excluding carboxylic acids is 9. The number of hydrogen-bond donors (Lipinski definition) is 19. The second-order valence-electron chi connectivity index (χ2n) is 18.1. The van der Waals surface area contributed by atoms with Crippen LogP contribution in [0.5, 0.6) is 0 Å². The molecular weight excluding hydrogens is 1120 g/mol. The van der Waals surface area contributed by atoms with Gasteiger partial charge in [-0.25, -0.2) is 0 Å². The molecule has 20 N–H and O–H groups in total. The number of carboxylic acid groups (broad SMARTS) is 9. The summed E-state index contributed by atoms with van der Waals surface area (Å²) in [5, 5.41) is 103. The van der Waals surface area contributed by atoms with Crippen LogP contribution in [0.2, 0.25) is 0 Å². The average Bonchev–Trinajstić information content (AvgIpc) is 3.48. The SMILES string of the molecule is CNC(=O)[C@H](CCC(=O)O)NC(=O)[C@H](CCC(=O)O)NC(=O)[C@H](CCC(=O)O)NC(=O)[C@H](CCC(=O)O)NC(=O)[C@H](CCC(=O)O)NC(=O)[C@H](CCC(=O)O)NC(=O)[C@H](CCC(=O)O)NC(=O)[C@H](CCC(=O)O)NC(=O)[C@@H](N)CCC(=O)O. The predicted molar refractivity (Wildman–Crippen MR) is 269 cm³/mol. The smallest absolute Gasteiger partial charge is 0.303 e. The molecule has 37 nitrogen and oxygen atoms in total. The number of hydrogen-bond acceptors (Lipinski definition) is 19. The molecule has 0 saturated heterocycles. The van der Waals surface area contributed by atoms with Crippen LogP contribution in [0.4, 0.5) is 0 Å². The van der Waals surface area contributed by atoms with Gasteiger partial charge in [0.2, 0.25) is 53.2 Å². The summed E-state index contributed by atoms with van der Waals surface area (Å²) in [4.78, 5) is 225. The van der Waals surface area contributed by atoms with E-state index in [-0.39, 0.29) is 0 Å². The number of aliphatic carboxylic acids is 9. The van der Waals surface area contributed by atoms with E-state index in [9.17, 15) is 122 Å². The molecule has 0 aromatic heterocycles. The molecule has 9 atom stereocenters. The van der Waals surface area contributed by atoms with E-state index < -0.39 is 277 Å². The lowest BCUT2D eigenvalue weighted by atomic mass is 10.0. The van der Waals surface area contributed by atoms with Gasteiger partial charge in [0.1, 0.15) is 48.3 Å². The van der Waals surface area contributed by atoms with Crippen molar-refractivity contribution in [3.05, 3.63) is 0 Å². The molecule has 83 heavy (non-hydrogen) atoms. The maximum atomic E-state index is 14.0. The highest BCUT2D eigenvalue weighted by Gasteiger charge is 2.36. The maximum Gasteiger partial charge on any atom is 0.303 e. The van der Waals surface area contributed by atoms with Crippen LogP contribution in [0.15, 0.2) is 0 Å². The standard InChI is InChI=1S/C46H68N10O27/c1-48-39(76)21(3-12-30(59)60)50-41(78)23(5-14-32(63)64)52-43(80)25(7-16-34(67)68)54-45(82)27(9-18-36(71)72)56-46(83)28(10-19-37(73)74)55-44(81)26(8-17-35(69)70)53-42(79)24(6-15-33(65)66)51-40(77)22(4-13-31(61)62)49-38(75)20(47)2-11-29(57)58/h20-28H,2-19,47H2,1H3,(H,48,76)(H,49,75)(H,50,78)(H,51,77)(H,52,80)(H,53,79)(H,54,82)(H,55,81)(H,56,83)(H,57,58)(H,59,60)(H,61,62)(H,63,64)(H,65,66)(H,67,68)(H,69,70)(H,71,72)(H,73,74)/t20-,21-,22-,23-,24-,25-,26-,27-,28-/m0/s1. The van der Waals surface area contributed by atoms with Gasteiger partial charge in [0, 0.05) is 64.8 Å². The predicted octanol–water partition coefficient (Wildman–Crippen LogP) is -6.28. The Hall–Kier alpha value is -9.58. The molecule has 0 aromatic rings. The minimum absolute atomic E-state index is 0.453. The van der Waals surface area contributed by atoms with E-state index in [4.69, 9.17) is 15.9 Å². The van der Waals surface area contributed by atoms with Crippen LogP contribution in [0.1, 0.15) is 116 Å². The Kier molecular flexibility index (Phi) is 33.7. The Morgan fingerprint density at radius 3 is 0.518 bits per heavy atom. The van der Waals surface area contributed by atoms with Crippen LogP contribution in [0.25, 0.3) is 0 Å².